The maximum Gasteiger partial charge on any atom is 0.534 e. The van der Waals surface area contributed by atoms with Crippen molar-refractivity contribution in [2.45, 2.75) is 32.1 Å². The quantitative estimate of drug-likeness (QED) is 0.172. The van der Waals surface area contributed by atoms with E-state index in [9.17, 15) is 26.4 Å². The molecule has 1 atom stereocenters. The molecule has 3 aromatic carbocycles. The normalized spacial score (nSPS) is 12.9. The number of methoxy groups -OCH3 is 1. The summed E-state index contributed by atoms with van der Waals surface area (Å²) < 4.78 is 85.1. The number of carbonyl (C=O) groups excluding carboxylic acids is 1. The number of ether oxygens (including phenoxy) is 3. The lowest BCUT2D eigenvalue weighted by atomic mass is 9.96. The van der Waals surface area contributed by atoms with Crippen LogP contribution < -0.4 is 8.92 Å². The minimum Gasteiger partial charge on any atom is -0.497 e. The smallest absolute Gasteiger partial charge is 0.497 e. The van der Waals surface area contributed by atoms with E-state index in [4.69, 9.17) is 14.2 Å². The standard InChI is InChI=1S/C24H22BrF3O7S/c1-4-33-23(29)22(34-13-15-8-10-16(32-3)11-9-15)20-14(2)12-18-17(6-5-7-19(18)25)21(20)35-36(30,31)24(26,27)28/h5-12,22H,4,13H2,1-3H3/t22-/m0/s1. The second-order valence-corrected chi connectivity index (χ2v) is 9.94. The zero-order valence-corrected chi connectivity index (χ0v) is 21.8. The van der Waals surface area contributed by atoms with Crippen LogP contribution in [0, 0.1) is 6.92 Å². The Morgan fingerprint density at radius 1 is 1.08 bits per heavy atom. The van der Waals surface area contributed by atoms with E-state index in [-0.39, 0.29) is 29.7 Å². The first-order valence-corrected chi connectivity index (χ1v) is 12.7. The van der Waals surface area contributed by atoms with Crippen molar-refractivity contribution in [2.24, 2.45) is 0 Å². The molecule has 0 N–H and O–H groups in total. The fourth-order valence-electron chi connectivity index (χ4n) is 3.46. The molecule has 0 saturated carbocycles. The summed E-state index contributed by atoms with van der Waals surface area (Å²) in [4.78, 5) is 12.9. The van der Waals surface area contributed by atoms with Crippen LogP contribution in [0.3, 0.4) is 0 Å². The lowest BCUT2D eigenvalue weighted by molar-refractivity contribution is -0.158. The SMILES string of the molecule is CCOC(=O)[C@@H](OCc1ccc(OC)cc1)c1c(C)cc2c(Br)cccc2c1OS(=O)(=O)C(F)(F)F. The van der Waals surface area contributed by atoms with E-state index in [1.807, 2.05) is 0 Å². The maximum atomic E-state index is 13.3. The molecule has 0 saturated heterocycles. The number of alkyl halides is 3. The van der Waals surface area contributed by atoms with Crippen molar-refractivity contribution in [3.63, 3.8) is 0 Å². The van der Waals surface area contributed by atoms with Gasteiger partial charge in [0, 0.05) is 15.4 Å². The molecule has 36 heavy (non-hydrogen) atoms. The Morgan fingerprint density at radius 3 is 2.33 bits per heavy atom. The van der Waals surface area contributed by atoms with Crippen molar-refractivity contribution in [1.29, 1.82) is 0 Å². The predicted molar refractivity (Wildman–Crippen MR) is 129 cm³/mol. The maximum absolute atomic E-state index is 13.3. The highest BCUT2D eigenvalue weighted by Gasteiger charge is 2.49. The van der Waals surface area contributed by atoms with Crippen LogP contribution in [-0.4, -0.2) is 33.6 Å². The summed E-state index contributed by atoms with van der Waals surface area (Å²) in [5.74, 6) is -1.00. The monoisotopic (exact) mass is 590 g/mol. The van der Waals surface area contributed by atoms with Crippen molar-refractivity contribution < 1.29 is 44.8 Å². The molecule has 3 rings (SSSR count). The Labute approximate surface area is 214 Å². The van der Waals surface area contributed by atoms with Gasteiger partial charge in [0.25, 0.3) is 0 Å². The van der Waals surface area contributed by atoms with Crippen LogP contribution in [0.2, 0.25) is 0 Å². The fourth-order valence-corrected chi connectivity index (χ4v) is 4.44. The van der Waals surface area contributed by atoms with Crippen molar-refractivity contribution in [1.82, 2.24) is 0 Å². The number of hydrogen-bond acceptors (Lipinski definition) is 7. The molecule has 0 radical (unpaired) electrons. The van der Waals surface area contributed by atoms with Crippen LogP contribution in [0.1, 0.15) is 29.7 Å². The minimum absolute atomic E-state index is 0.0279. The van der Waals surface area contributed by atoms with E-state index >= 15 is 0 Å². The molecule has 3 aromatic rings. The van der Waals surface area contributed by atoms with Gasteiger partial charge in [-0.2, -0.15) is 21.6 Å². The van der Waals surface area contributed by atoms with Crippen molar-refractivity contribution in [3.8, 4) is 11.5 Å². The van der Waals surface area contributed by atoms with E-state index in [1.54, 1.807) is 43.3 Å². The number of aryl methyl sites for hydroxylation is 1. The summed E-state index contributed by atoms with van der Waals surface area (Å²) in [6.07, 6.45) is -1.59. The Morgan fingerprint density at radius 2 is 1.75 bits per heavy atom. The van der Waals surface area contributed by atoms with Crippen LogP contribution in [0.4, 0.5) is 13.2 Å². The summed E-state index contributed by atoms with van der Waals surface area (Å²) in [6.45, 7) is 2.86. The molecule has 0 aliphatic carbocycles. The Hall–Kier alpha value is -2.83. The van der Waals surface area contributed by atoms with Crippen molar-refractivity contribution in [3.05, 3.63) is 69.7 Å². The number of hydrogen-bond donors (Lipinski definition) is 0. The lowest BCUT2D eigenvalue weighted by Gasteiger charge is -2.23. The Kier molecular flexibility index (Phi) is 8.52. The number of carbonyl (C=O) groups is 1. The van der Waals surface area contributed by atoms with Gasteiger partial charge in [0.15, 0.2) is 11.9 Å². The van der Waals surface area contributed by atoms with E-state index < -0.39 is 33.4 Å². The van der Waals surface area contributed by atoms with E-state index in [2.05, 4.69) is 20.1 Å². The largest absolute Gasteiger partial charge is 0.534 e. The van der Waals surface area contributed by atoms with Crippen LogP contribution in [0.25, 0.3) is 10.8 Å². The predicted octanol–water partition coefficient (Wildman–Crippen LogP) is 5.97. The average Bonchev–Trinajstić information content (AvgIpc) is 2.81. The molecule has 0 aliphatic rings. The Balaban J connectivity index is 2.19. The molecular weight excluding hydrogens is 569 g/mol. The summed E-state index contributed by atoms with van der Waals surface area (Å²) in [6, 6.07) is 12.8. The summed E-state index contributed by atoms with van der Waals surface area (Å²) >= 11 is 3.31. The van der Waals surface area contributed by atoms with Gasteiger partial charge in [-0.05, 0) is 54.6 Å². The summed E-state index contributed by atoms with van der Waals surface area (Å²) in [5, 5.41) is 0.407. The first-order chi connectivity index (χ1) is 16.9. The molecule has 0 fully saturated rings. The molecule has 0 aromatic heterocycles. The van der Waals surface area contributed by atoms with Gasteiger partial charge in [0.1, 0.15) is 5.75 Å². The van der Waals surface area contributed by atoms with Crippen LogP contribution in [-0.2, 0) is 31.0 Å². The number of benzene rings is 3. The molecular formula is C24H22BrF3O7S. The van der Waals surface area contributed by atoms with Crippen LogP contribution in [0.15, 0.2) is 53.0 Å². The molecule has 7 nitrogen and oxygen atoms in total. The topological polar surface area (TPSA) is 88.1 Å². The number of halogens is 4. The minimum atomic E-state index is -6.08. The first-order valence-electron chi connectivity index (χ1n) is 10.5. The van der Waals surface area contributed by atoms with Gasteiger partial charge in [-0.1, -0.05) is 40.2 Å². The number of fused-ring (bicyclic) bond motifs is 1. The first kappa shape index (κ1) is 27.8. The zero-order chi connectivity index (χ0) is 26.7. The van der Waals surface area contributed by atoms with Gasteiger partial charge in [-0.3, -0.25) is 0 Å². The summed E-state index contributed by atoms with van der Waals surface area (Å²) in [7, 11) is -4.58. The average molecular weight is 591 g/mol. The van der Waals surface area contributed by atoms with E-state index in [0.29, 0.717) is 21.2 Å². The van der Waals surface area contributed by atoms with Crippen molar-refractivity contribution >= 4 is 42.8 Å². The van der Waals surface area contributed by atoms with Crippen molar-refractivity contribution in [2.75, 3.05) is 13.7 Å². The van der Waals surface area contributed by atoms with Gasteiger partial charge in [-0.15, -0.1) is 0 Å². The molecule has 0 unspecified atom stereocenters. The van der Waals surface area contributed by atoms with E-state index in [0.717, 1.165) is 0 Å². The van der Waals surface area contributed by atoms with Gasteiger partial charge in [-0.25, -0.2) is 4.79 Å². The molecule has 0 aliphatic heterocycles. The zero-order valence-electron chi connectivity index (χ0n) is 19.4. The molecule has 12 heteroatoms. The fraction of sp³-hybridized carbons (Fsp3) is 0.292. The molecule has 194 valence electrons. The highest BCUT2D eigenvalue weighted by atomic mass is 79.9. The molecule has 0 amide bonds. The molecule has 0 spiro atoms. The van der Waals surface area contributed by atoms with Gasteiger partial charge in [0.05, 0.1) is 20.3 Å². The number of esters is 1. The van der Waals surface area contributed by atoms with Gasteiger partial charge < -0.3 is 18.4 Å². The van der Waals surface area contributed by atoms with Gasteiger partial charge in [0.2, 0.25) is 0 Å². The van der Waals surface area contributed by atoms with Crippen LogP contribution >= 0.6 is 15.9 Å². The van der Waals surface area contributed by atoms with E-state index in [1.165, 1.54) is 26.2 Å². The summed E-state index contributed by atoms with van der Waals surface area (Å²) in [5.41, 5.74) is -5.01. The third-order valence-electron chi connectivity index (χ3n) is 5.14. The van der Waals surface area contributed by atoms with Crippen LogP contribution in [0.5, 0.6) is 11.5 Å². The third kappa shape index (κ3) is 5.93. The Bertz CT molecular complexity index is 1360. The highest BCUT2D eigenvalue weighted by molar-refractivity contribution is 9.10. The van der Waals surface area contributed by atoms with Gasteiger partial charge >= 0.3 is 21.6 Å². The molecule has 0 heterocycles. The number of rotatable bonds is 9. The molecule has 0 bridgehead atoms. The second-order valence-electron chi connectivity index (χ2n) is 7.55. The second kappa shape index (κ2) is 11.1. The lowest BCUT2D eigenvalue weighted by Crippen LogP contribution is -2.29. The highest BCUT2D eigenvalue weighted by Crippen LogP contribution is 2.43. The third-order valence-corrected chi connectivity index (χ3v) is 6.79.